The first-order chi connectivity index (χ1) is 18.5. The van der Waals surface area contributed by atoms with Crippen LogP contribution < -0.4 is 4.90 Å². The number of rotatable bonds is 12. The number of halogens is 1. The summed E-state index contributed by atoms with van der Waals surface area (Å²) in [4.78, 5) is 6.91. The van der Waals surface area contributed by atoms with Crippen LogP contribution in [0, 0.1) is 28.6 Å². The van der Waals surface area contributed by atoms with Gasteiger partial charge in [0.2, 0.25) is 15.2 Å². The predicted molar refractivity (Wildman–Crippen MR) is 171 cm³/mol. The van der Waals surface area contributed by atoms with Gasteiger partial charge in [-0.1, -0.05) is 85.5 Å². The molecule has 9 heteroatoms. The van der Waals surface area contributed by atoms with Crippen molar-refractivity contribution in [3.63, 3.8) is 0 Å². The molecule has 1 aliphatic rings. The van der Waals surface area contributed by atoms with E-state index in [0.29, 0.717) is 54.9 Å². The summed E-state index contributed by atoms with van der Waals surface area (Å²) in [5.74, 6) is 2.15. The maximum Gasteiger partial charge on any atom is 0.214 e. The fourth-order valence-corrected chi connectivity index (χ4v) is 8.90. The number of hydrogen-bond acceptors (Lipinski definition) is 6. The molecule has 226 valence electrons. The molecule has 2 aromatic rings. The van der Waals surface area contributed by atoms with Crippen molar-refractivity contribution in [1.82, 2.24) is 13.7 Å². The summed E-state index contributed by atoms with van der Waals surface area (Å²) >= 11 is 7.39. The van der Waals surface area contributed by atoms with Crippen LogP contribution in [0.25, 0.3) is 0 Å². The number of benzene rings is 1. The van der Waals surface area contributed by atoms with Gasteiger partial charge in [-0.25, -0.2) is 13.4 Å². The van der Waals surface area contributed by atoms with E-state index in [2.05, 4.69) is 64.7 Å². The summed E-state index contributed by atoms with van der Waals surface area (Å²) < 4.78 is 33.6. The van der Waals surface area contributed by atoms with Crippen LogP contribution in [-0.4, -0.2) is 54.0 Å². The Morgan fingerprint density at radius 3 is 2.10 bits per heavy atom. The first-order valence-electron chi connectivity index (χ1n) is 14.8. The molecule has 0 aliphatic carbocycles. The standard InChI is InChI=1S/C31H51ClN4O2S2/c1-23(20-30(3,4)5)9-12-26(24(2)21-31(6,7)8)22-40(37,38)36-17-15-35(16-18-36)29-33-28(34-39-29)19-25-10-13-27(32)14-11-25/h10-11,13-14,23-24,26H,9,12,15-22H2,1-8H3. The minimum absolute atomic E-state index is 0.170. The monoisotopic (exact) mass is 610 g/mol. The average Bonchev–Trinajstić information content (AvgIpc) is 3.29. The molecule has 3 atom stereocenters. The van der Waals surface area contributed by atoms with Gasteiger partial charge in [-0.3, -0.25) is 0 Å². The smallest absolute Gasteiger partial charge is 0.214 e. The number of hydrogen-bond donors (Lipinski definition) is 0. The molecule has 1 aliphatic heterocycles. The number of anilines is 1. The molecule has 0 saturated carbocycles. The molecule has 3 unspecified atom stereocenters. The lowest BCUT2D eigenvalue weighted by atomic mass is 9.77. The predicted octanol–water partition coefficient (Wildman–Crippen LogP) is 7.78. The van der Waals surface area contributed by atoms with E-state index in [1.165, 1.54) is 11.5 Å². The highest BCUT2D eigenvalue weighted by Crippen LogP contribution is 2.35. The maximum absolute atomic E-state index is 13.7. The SMILES string of the molecule is CC(CCC(CS(=O)(=O)N1CCN(c2nc(Cc3ccc(Cl)cc3)ns2)CC1)C(C)CC(C)(C)C)CC(C)(C)C. The van der Waals surface area contributed by atoms with E-state index in [9.17, 15) is 8.42 Å². The summed E-state index contributed by atoms with van der Waals surface area (Å²) in [6.45, 7) is 20.5. The Bertz CT molecular complexity index is 1160. The molecular formula is C31H51ClN4O2S2. The van der Waals surface area contributed by atoms with Gasteiger partial charge in [0.25, 0.3) is 0 Å². The number of piperazine rings is 1. The maximum atomic E-state index is 13.7. The third-order valence-corrected chi connectivity index (χ3v) is 10.9. The van der Waals surface area contributed by atoms with Crippen LogP contribution in [0.2, 0.25) is 5.02 Å². The first-order valence-corrected chi connectivity index (χ1v) is 17.6. The highest BCUT2D eigenvalue weighted by Gasteiger charge is 2.33. The van der Waals surface area contributed by atoms with Crippen LogP contribution in [0.1, 0.15) is 92.5 Å². The van der Waals surface area contributed by atoms with Crippen molar-refractivity contribution in [3.05, 3.63) is 40.7 Å². The summed E-state index contributed by atoms with van der Waals surface area (Å²) in [7, 11) is -3.35. The van der Waals surface area contributed by atoms with E-state index in [1.807, 2.05) is 24.3 Å². The Balaban J connectivity index is 1.59. The quantitative estimate of drug-likeness (QED) is 0.245. The molecule has 3 rings (SSSR count). The average molecular weight is 611 g/mol. The van der Waals surface area contributed by atoms with Crippen molar-refractivity contribution in [1.29, 1.82) is 0 Å². The highest BCUT2D eigenvalue weighted by atomic mass is 35.5. The van der Waals surface area contributed by atoms with Crippen LogP contribution >= 0.6 is 23.1 Å². The summed E-state index contributed by atoms with van der Waals surface area (Å²) in [6.07, 6.45) is 4.90. The van der Waals surface area contributed by atoms with Gasteiger partial charge in [0.1, 0.15) is 5.82 Å². The van der Waals surface area contributed by atoms with Crippen LogP contribution in [0.5, 0.6) is 0 Å². The summed E-state index contributed by atoms with van der Waals surface area (Å²) in [5.41, 5.74) is 1.59. The fourth-order valence-electron chi connectivity index (χ4n) is 6.07. The molecule has 40 heavy (non-hydrogen) atoms. The fraction of sp³-hybridized carbons (Fsp3) is 0.742. The molecule has 0 spiro atoms. The Labute approximate surface area is 253 Å². The normalized spacial score (nSPS) is 18.1. The number of nitrogens with zero attached hydrogens (tertiary/aromatic N) is 4. The lowest BCUT2D eigenvalue weighted by molar-refractivity contribution is 0.221. The van der Waals surface area contributed by atoms with E-state index >= 15 is 0 Å². The van der Waals surface area contributed by atoms with Crippen LogP contribution in [0.3, 0.4) is 0 Å². The van der Waals surface area contributed by atoms with Gasteiger partial charge in [-0.2, -0.15) is 8.68 Å². The van der Waals surface area contributed by atoms with Crippen molar-refractivity contribution in [2.45, 2.75) is 87.5 Å². The van der Waals surface area contributed by atoms with Crippen LogP contribution in [0.15, 0.2) is 24.3 Å². The van der Waals surface area contributed by atoms with Gasteiger partial charge in [-0.05, 0) is 65.5 Å². The Hall–Kier alpha value is -1.22. The van der Waals surface area contributed by atoms with Gasteiger partial charge in [0.05, 0.1) is 5.75 Å². The lowest BCUT2D eigenvalue weighted by Crippen LogP contribution is -2.50. The molecule has 1 saturated heterocycles. The zero-order valence-corrected chi connectivity index (χ0v) is 28.3. The Morgan fingerprint density at radius 1 is 0.925 bits per heavy atom. The van der Waals surface area contributed by atoms with Gasteiger partial charge >= 0.3 is 0 Å². The third-order valence-electron chi connectivity index (χ3n) is 7.79. The van der Waals surface area contributed by atoms with E-state index in [1.54, 1.807) is 4.31 Å². The van der Waals surface area contributed by atoms with Crippen LogP contribution in [-0.2, 0) is 16.4 Å². The minimum atomic E-state index is -3.35. The number of sulfonamides is 1. The van der Waals surface area contributed by atoms with Gasteiger partial charge in [-0.15, -0.1) is 0 Å². The van der Waals surface area contributed by atoms with Gasteiger partial charge < -0.3 is 4.90 Å². The van der Waals surface area contributed by atoms with E-state index in [4.69, 9.17) is 16.6 Å². The van der Waals surface area contributed by atoms with Crippen molar-refractivity contribution < 1.29 is 8.42 Å². The summed E-state index contributed by atoms with van der Waals surface area (Å²) in [6, 6.07) is 7.75. The van der Waals surface area contributed by atoms with Gasteiger partial charge in [0.15, 0.2) is 0 Å². The second-order valence-corrected chi connectivity index (χ2v) is 17.6. The summed E-state index contributed by atoms with van der Waals surface area (Å²) in [5, 5.41) is 1.58. The van der Waals surface area contributed by atoms with Crippen molar-refractivity contribution in [3.8, 4) is 0 Å². The number of aromatic nitrogens is 2. The molecule has 0 amide bonds. The Kier molecular flexibility index (Phi) is 11.5. The second-order valence-electron chi connectivity index (χ2n) is 14.4. The van der Waals surface area contributed by atoms with E-state index in [-0.39, 0.29) is 17.1 Å². The second kappa shape index (κ2) is 13.8. The van der Waals surface area contributed by atoms with Crippen molar-refractivity contribution in [2.24, 2.45) is 28.6 Å². The largest absolute Gasteiger partial charge is 0.344 e. The zero-order valence-electron chi connectivity index (χ0n) is 25.9. The lowest BCUT2D eigenvalue weighted by Gasteiger charge is -2.36. The topological polar surface area (TPSA) is 66.4 Å². The molecule has 2 heterocycles. The van der Waals surface area contributed by atoms with Crippen LogP contribution in [0.4, 0.5) is 5.13 Å². The molecule has 0 bridgehead atoms. The zero-order chi connectivity index (χ0) is 29.7. The van der Waals surface area contributed by atoms with Crippen molar-refractivity contribution in [2.75, 3.05) is 36.8 Å². The molecule has 1 aromatic carbocycles. The molecule has 0 N–H and O–H groups in total. The Morgan fingerprint density at radius 2 is 1.52 bits per heavy atom. The van der Waals surface area contributed by atoms with E-state index in [0.717, 1.165) is 42.2 Å². The molecule has 1 fully saturated rings. The minimum Gasteiger partial charge on any atom is -0.344 e. The molecular weight excluding hydrogens is 560 g/mol. The highest BCUT2D eigenvalue weighted by molar-refractivity contribution is 7.89. The molecule has 0 radical (unpaired) electrons. The van der Waals surface area contributed by atoms with E-state index < -0.39 is 10.0 Å². The third kappa shape index (κ3) is 10.9. The van der Waals surface area contributed by atoms with Gasteiger partial charge in [0, 0.05) is 49.2 Å². The van der Waals surface area contributed by atoms with Crippen molar-refractivity contribution >= 4 is 38.3 Å². The molecule has 1 aromatic heterocycles. The molecule has 6 nitrogen and oxygen atoms in total. The first kappa shape index (κ1) is 33.3.